The summed E-state index contributed by atoms with van der Waals surface area (Å²) in [5.74, 6) is -0.192. The van der Waals surface area contributed by atoms with Gasteiger partial charge in [0.05, 0.1) is 0 Å². The molecule has 9 heteroatoms. The topological polar surface area (TPSA) is 90.9 Å². The van der Waals surface area contributed by atoms with E-state index in [-0.39, 0.29) is 11.4 Å². The van der Waals surface area contributed by atoms with Gasteiger partial charge in [-0.1, -0.05) is 0 Å². The Morgan fingerprint density at radius 2 is 1.95 bits per heavy atom. The normalized spacial score (nSPS) is 12.6. The van der Waals surface area contributed by atoms with Crippen LogP contribution in [0.15, 0.2) is 9.59 Å². The molecule has 2 heterocycles. The number of amides is 1. The minimum atomic E-state index is -0.570. The van der Waals surface area contributed by atoms with Crippen molar-refractivity contribution in [2.75, 3.05) is 6.54 Å². The zero-order chi connectivity index (χ0) is 15.9. The van der Waals surface area contributed by atoms with Gasteiger partial charge in [-0.05, 0) is 13.8 Å². The predicted octanol–water partition coefficient (Wildman–Crippen LogP) is -0.265. The fourth-order valence-corrected chi connectivity index (χ4v) is 3.09. The molecule has 0 bridgehead atoms. The number of carbonyl (C=O) groups excluding carboxylic acids is 1. The van der Waals surface area contributed by atoms with E-state index >= 15 is 0 Å². The molecule has 8 nitrogen and oxygen atoms in total. The van der Waals surface area contributed by atoms with Crippen molar-refractivity contribution in [1.82, 2.24) is 24.0 Å². The number of nitrogens with zero attached hydrogens (tertiary/aromatic N) is 4. The van der Waals surface area contributed by atoms with E-state index < -0.39 is 17.3 Å². The zero-order valence-corrected chi connectivity index (χ0v) is 14.3. The van der Waals surface area contributed by atoms with Crippen molar-refractivity contribution in [3.05, 3.63) is 24.7 Å². The molecule has 0 aliphatic heterocycles. The van der Waals surface area contributed by atoms with Crippen LogP contribution in [-0.2, 0) is 18.9 Å². The lowest BCUT2D eigenvalue weighted by Crippen LogP contribution is -2.38. The summed E-state index contributed by atoms with van der Waals surface area (Å²) in [6.07, 6.45) is 0. The van der Waals surface area contributed by atoms with Gasteiger partial charge in [-0.15, -0.1) is 0 Å². The third-order valence-corrected chi connectivity index (χ3v) is 4.12. The Bertz CT molecular complexity index is 832. The molecular weight excluding hydrogens is 389 g/mol. The zero-order valence-electron chi connectivity index (χ0n) is 12.2. The summed E-state index contributed by atoms with van der Waals surface area (Å²) in [7, 11) is 2.96. The van der Waals surface area contributed by atoms with E-state index in [2.05, 4.69) is 10.3 Å². The third kappa shape index (κ3) is 2.39. The van der Waals surface area contributed by atoms with Gasteiger partial charge in [0.2, 0.25) is 5.91 Å². The summed E-state index contributed by atoms with van der Waals surface area (Å²) in [5.41, 5.74) is -0.382. The van der Waals surface area contributed by atoms with Gasteiger partial charge in [-0.25, -0.2) is 9.78 Å². The van der Waals surface area contributed by atoms with E-state index in [0.29, 0.717) is 16.0 Å². The average Bonchev–Trinajstić information content (AvgIpc) is 2.79. The molecule has 0 saturated carbocycles. The van der Waals surface area contributed by atoms with Crippen molar-refractivity contribution >= 4 is 39.7 Å². The number of fused-ring (bicyclic) bond motifs is 1. The molecule has 1 atom stereocenters. The van der Waals surface area contributed by atoms with Gasteiger partial charge in [0.1, 0.15) is 6.04 Å². The Morgan fingerprint density at radius 3 is 2.52 bits per heavy atom. The molecule has 2 rings (SSSR count). The van der Waals surface area contributed by atoms with E-state index in [1.165, 1.54) is 11.6 Å². The van der Waals surface area contributed by atoms with Crippen LogP contribution in [-0.4, -0.2) is 31.1 Å². The fourth-order valence-electron chi connectivity index (χ4n) is 2.21. The van der Waals surface area contributed by atoms with Crippen LogP contribution in [0.1, 0.15) is 19.9 Å². The van der Waals surface area contributed by atoms with Crippen LogP contribution in [0.3, 0.4) is 0 Å². The number of imidazole rings is 1. The lowest BCUT2D eigenvalue weighted by atomic mass is 10.3. The van der Waals surface area contributed by atoms with Gasteiger partial charge in [0.25, 0.3) is 5.56 Å². The smallest absolute Gasteiger partial charge is 0.332 e. The summed E-state index contributed by atoms with van der Waals surface area (Å²) >= 11 is 1.96. The van der Waals surface area contributed by atoms with Crippen LogP contribution in [0.4, 0.5) is 0 Å². The first-order valence-corrected chi connectivity index (χ1v) is 7.50. The van der Waals surface area contributed by atoms with E-state index in [0.717, 1.165) is 4.57 Å². The molecule has 1 amide bonds. The summed E-state index contributed by atoms with van der Waals surface area (Å²) in [6.45, 7) is 4.04. The minimum Gasteiger partial charge on any atom is -0.355 e. The van der Waals surface area contributed by atoms with Crippen LogP contribution in [0, 0.1) is 3.83 Å². The van der Waals surface area contributed by atoms with Gasteiger partial charge in [-0.2, -0.15) is 0 Å². The van der Waals surface area contributed by atoms with Crippen molar-refractivity contribution in [2.45, 2.75) is 19.9 Å². The molecule has 0 spiro atoms. The quantitative estimate of drug-likeness (QED) is 0.563. The summed E-state index contributed by atoms with van der Waals surface area (Å²) in [6, 6.07) is -0.570. The maximum Gasteiger partial charge on any atom is 0.332 e. The molecule has 2 aromatic heterocycles. The first-order chi connectivity index (χ1) is 9.81. The Hall–Kier alpha value is -1.65. The number of rotatable bonds is 3. The highest BCUT2D eigenvalue weighted by molar-refractivity contribution is 14.1. The largest absolute Gasteiger partial charge is 0.355 e. The lowest BCUT2D eigenvalue weighted by Gasteiger charge is -2.16. The molecule has 114 valence electrons. The molecule has 2 aromatic rings. The van der Waals surface area contributed by atoms with E-state index in [9.17, 15) is 14.4 Å². The minimum absolute atomic E-state index is 0.181. The van der Waals surface area contributed by atoms with Gasteiger partial charge >= 0.3 is 5.69 Å². The number of hydrogen-bond donors (Lipinski definition) is 1. The number of nitrogens with one attached hydrogen (secondary N) is 1. The average molecular weight is 405 g/mol. The molecule has 0 aliphatic rings. The first-order valence-electron chi connectivity index (χ1n) is 6.42. The highest BCUT2D eigenvalue weighted by Crippen LogP contribution is 2.19. The molecular formula is C12H16IN5O3. The second-order valence-corrected chi connectivity index (χ2v) is 5.66. The van der Waals surface area contributed by atoms with Crippen LogP contribution in [0.2, 0.25) is 0 Å². The van der Waals surface area contributed by atoms with E-state index in [1.807, 2.05) is 29.5 Å². The summed E-state index contributed by atoms with van der Waals surface area (Å²) < 4.78 is 4.43. The maximum absolute atomic E-state index is 12.2. The van der Waals surface area contributed by atoms with E-state index in [4.69, 9.17) is 0 Å². The van der Waals surface area contributed by atoms with Crippen molar-refractivity contribution in [3.8, 4) is 0 Å². The number of hydrogen-bond acceptors (Lipinski definition) is 4. The highest BCUT2D eigenvalue weighted by atomic mass is 127. The predicted molar refractivity (Wildman–Crippen MR) is 86.3 cm³/mol. The fraction of sp³-hybridized carbons (Fsp3) is 0.500. The van der Waals surface area contributed by atoms with Crippen molar-refractivity contribution in [3.63, 3.8) is 0 Å². The Kier molecular flexibility index (Phi) is 4.21. The van der Waals surface area contributed by atoms with Gasteiger partial charge in [0, 0.05) is 43.2 Å². The van der Waals surface area contributed by atoms with Gasteiger partial charge in [-0.3, -0.25) is 23.3 Å². The molecule has 0 saturated heterocycles. The number of aryl methyl sites for hydroxylation is 1. The number of halogens is 1. The number of aromatic nitrogens is 4. The second kappa shape index (κ2) is 5.62. The highest BCUT2D eigenvalue weighted by Gasteiger charge is 2.24. The maximum atomic E-state index is 12.2. The number of likely N-dealkylation sites (N-methyl/N-ethyl adjacent to an activating group) is 1. The number of carbonyl (C=O) groups is 1. The van der Waals surface area contributed by atoms with Crippen molar-refractivity contribution < 1.29 is 4.79 Å². The molecule has 0 aromatic carbocycles. The van der Waals surface area contributed by atoms with Crippen LogP contribution < -0.4 is 16.6 Å². The molecule has 0 fully saturated rings. The summed E-state index contributed by atoms with van der Waals surface area (Å²) in [5, 5.41) is 2.72. The Labute approximate surface area is 133 Å². The lowest BCUT2D eigenvalue weighted by molar-refractivity contribution is -0.123. The van der Waals surface area contributed by atoms with Crippen LogP contribution in [0.5, 0.6) is 0 Å². The van der Waals surface area contributed by atoms with Gasteiger partial charge < -0.3 is 5.32 Å². The van der Waals surface area contributed by atoms with Crippen LogP contribution in [0.25, 0.3) is 11.2 Å². The SMILES string of the molecule is CCNC(=O)[C@H](C)n1c(I)nc2c(=O)n(C)c(=O)n(C)c21. The van der Waals surface area contributed by atoms with Crippen LogP contribution >= 0.6 is 22.6 Å². The second-order valence-electron chi connectivity index (χ2n) is 4.70. The van der Waals surface area contributed by atoms with Crippen molar-refractivity contribution in [2.24, 2.45) is 14.1 Å². The first kappa shape index (κ1) is 15.7. The Morgan fingerprint density at radius 1 is 1.33 bits per heavy atom. The summed E-state index contributed by atoms with van der Waals surface area (Å²) in [4.78, 5) is 40.5. The molecule has 21 heavy (non-hydrogen) atoms. The van der Waals surface area contributed by atoms with Gasteiger partial charge in [0.15, 0.2) is 15.0 Å². The Balaban J connectivity index is 2.83. The third-order valence-electron chi connectivity index (χ3n) is 3.36. The molecule has 0 radical (unpaired) electrons. The molecule has 0 aliphatic carbocycles. The standard InChI is InChI=1S/C12H16IN5O3/c1-5-14-8(19)6(2)18-9-7(15-11(18)13)10(20)17(4)12(21)16(9)3/h6H,5H2,1-4H3,(H,14,19)/t6-/m0/s1. The monoisotopic (exact) mass is 405 g/mol. The molecule has 0 unspecified atom stereocenters. The van der Waals surface area contributed by atoms with Crippen molar-refractivity contribution in [1.29, 1.82) is 0 Å². The molecule has 1 N–H and O–H groups in total. The van der Waals surface area contributed by atoms with E-state index in [1.54, 1.807) is 18.5 Å².